The zero-order chi connectivity index (χ0) is 6.15. The number of anilines is 1. The Labute approximate surface area is 48.3 Å². The van der Waals surface area contributed by atoms with Gasteiger partial charge in [0.25, 0.3) is 0 Å². The first-order valence-corrected chi connectivity index (χ1v) is 2.52. The Bertz CT molecular complexity index is 171. The highest BCUT2D eigenvalue weighted by atomic mass is 16.3. The quantitative estimate of drug-likeness (QED) is 0.550. The SMILES string of the molecule is Cc1cc(N)c(C)o1. The Balaban J connectivity index is 3.14. The molecule has 0 aliphatic carbocycles. The number of hydrogen-bond acceptors (Lipinski definition) is 2. The van der Waals surface area contributed by atoms with Crippen LogP contribution in [0.25, 0.3) is 0 Å². The largest absolute Gasteiger partial charge is 0.464 e. The lowest BCUT2D eigenvalue weighted by molar-refractivity contribution is 0.506. The van der Waals surface area contributed by atoms with Crippen molar-refractivity contribution in [2.24, 2.45) is 0 Å². The minimum atomic E-state index is 0.738. The Morgan fingerprint density at radius 3 is 2.25 bits per heavy atom. The van der Waals surface area contributed by atoms with Crippen molar-refractivity contribution < 1.29 is 4.42 Å². The van der Waals surface area contributed by atoms with Gasteiger partial charge in [-0.15, -0.1) is 0 Å². The molecule has 1 aromatic rings. The van der Waals surface area contributed by atoms with Crippen LogP contribution in [0.3, 0.4) is 0 Å². The van der Waals surface area contributed by atoms with E-state index in [1.165, 1.54) is 0 Å². The van der Waals surface area contributed by atoms with Crippen LogP contribution in [0.4, 0.5) is 5.69 Å². The third-order valence-electron chi connectivity index (χ3n) is 1.08. The van der Waals surface area contributed by atoms with Gasteiger partial charge in [-0.25, -0.2) is 0 Å². The lowest BCUT2D eigenvalue weighted by Crippen LogP contribution is -1.80. The van der Waals surface area contributed by atoms with Crippen LogP contribution >= 0.6 is 0 Å². The second kappa shape index (κ2) is 1.54. The van der Waals surface area contributed by atoms with Gasteiger partial charge in [0.15, 0.2) is 0 Å². The lowest BCUT2D eigenvalue weighted by atomic mass is 10.4. The number of rotatable bonds is 0. The van der Waals surface area contributed by atoms with Gasteiger partial charge in [0.2, 0.25) is 0 Å². The number of aryl methyl sites for hydroxylation is 2. The number of nitrogen functional groups attached to an aromatic ring is 1. The molecule has 1 rings (SSSR count). The molecule has 2 nitrogen and oxygen atoms in total. The topological polar surface area (TPSA) is 39.2 Å². The van der Waals surface area contributed by atoms with E-state index in [2.05, 4.69) is 0 Å². The highest BCUT2D eigenvalue weighted by Gasteiger charge is 1.96. The van der Waals surface area contributed by atoms with Gasteiger partial charge in [-0.2, -0.15) is 0 Å². The first-order valence-electron chi connectivity index (χ1n) is 2.52. The van der Waals surface area contributed by atoms with Gasteiger partial charge < -0.3 is 10.2 Å². The van der Waals surface area contributed by atoms with Crippen LogP contribution in [0.2, 0.25) is 0 Å². The van der Waals surface area contributed by atoms with Crippen LogP contribution in [0, 0.1) is 13.8 Å². The number of nitrogens with two attached hydrogens (primary N) is 1. The smallest absolute Gasteiger partial charge is 0.123 e. The Morgan fingerprint density at radius 1 is 1.50 bits per heavy atom. The molecule has 0 radical (unpaired) electrons. The van der Waals surface area contributed by atoms with Crippen molar-refractivity contribution >= 4 is 5.69 Å². The summed E-state index contributed by atoms with van der Waals surface area (Å²) in [7, 11) is 0. The van der Waals surface area contributed by atoms with Crippen LogP contribution in [-0.4, -0.2) is 0 Å². The van der Waals surface area contributed by atoms with Crippen molar-refractivity contribution in [2.75, 3.05) is 5.73 Å². The molecule has 0 saturated heterocycles. The van der Waals surface area contributed by atoms with Crippen LogP contribution in [0.5, 0.6) is 0 Å². The van der Waals surface area contributed by atoms with Gasteiger partial charge in [0, 0.05) is 6.07 Å². The van der Waals surface area contributed by atoms with Gasteiger partial charge in [0.1, 0.15) is 11.5 Å². The summed E-state index contributed by atoms with van der Waals surface area (Å²) in [5.74, 6) is 1.68. The second-order valence-corrected chi connectivity index (χ2v) is 1.87. The monoisotopic (exact) mass is 111 g/mol. The molecule has 2 N–H and O–H groups in total. The molecule has 1 aromatic heterocycles. The second-order valence-electron chi connectivity index (χ2n) is 1.87. The minimum absolute atomic E-state index is 0.738. The minimum Gasteiger partial charge on any atom is -0.464 e. The summed E-state index contributed by atoms with van der Waals surface area (Å²) in [4.78, 5) is 0. The highest BCUT2D eigenvalue weighted by Crippen LogP contribution is 2.14. The summed E-state index contributed by atoms with van der Waals surface area (Å²) < 4.78 is 5.09. The fourth-order valence-corrected chi connectivity index (χ4v) is 0.650. The number of hydrogen-bond donors (Lipinski definition) is 1. The fraction of sp³-hybridized carbons (Fsp3) is 0.333. The zero-order valence-electron chi connectivity index (χ0n) is 5.06. The first kappa shape index (κ1) is 5.22. The molecule has 0 aromatic carbocycles. The van der Waals surface area contributed by atoms with Crippen molar-refractivity contribution in [1.29, 1.82) is 0 Å². The van der Waals surface area contributed by atoms with Gasteiger partial charge in [-0.05, 0) is 13.8 Å². The predicted octanol–water partition coefficient (Wildman–Crippen LogP) is 1.48. The van der Waals surface area contributed by atoms with E-state index in [1.54, 1.807) is 0 Å². The molecule has 0 unspecified atom stereocenters. The molecule has 44 valence electrons. The molecule has 8 heavy (non-hydrogen) atoms. The Morgan fingerprint density at radius 2 is 2.12 bits per heavy atom. The summed E-state index contributed by atoms with van der Waals surface area (Å²) in [5, 5.41) is 0. The van der Waals surface area contributed by atoms with Crippen LogP contribution in [-0.2, 0) is 0 Å². The molecule has 0 fully saturated rings. The Hall–Kier alpha value is -0.920. The fourth-order valence-electron chi connectivity index (χ4n) is 0.650. The van der Waals surface area contributed by atoms with E-state index in [0.29, 0.717) is 0 Å². The summed E-state index contributed by atoms with van der Waals surface area (Å²) in [5.41, 5.74) is 6.19. The molecule has 0 aliphatic rings. The summed E-state index contributed by atoms with van der Waals surface area (Å²) >= 11 is 0. The average Bonchev–Trinajstić information content (AvgIpc) is 1.85. The third kappa shape index (κ3) is 0.689. The molecule has 0 bridgehead atoms. The maximum Gasteiger partial charge on any atom is 0.123 e. The molecule has 0 spiro atoms. The lowest BCUT2D eigenvalue weighted by Gasteiger charge is -1.81. The summed E-state index contributed by atoms with van der Waals surface area (Å²) in [6, 6.07) is 1.81. The van der Waals surface area contributed by atoms with Crippen molar-refractivity contribution in [1.82, 2.24) is 0 Å². The molecule has 0 aliphatic heterocycles. The van der Waals surface area contributed by atoms with Crippen LogP contribution in [0.1, 0.15) is 11.5 Å². The van der Waals surface area contributed by atoms with E-state index in [4.69, 9.17) is 10.2 Å². The molecular formula is C6H9NO. The molecule has 0 saturated carbocycles. The highest BCUT2D eigenvalue weighted by molar-refractivity contribution is 5.41. The maximum absolute atomic E-state index is 5.45. The van der Waals surface area contributed by atoms with Crippen molar-refractivity contribution in [3.63, 3.8) is 0 Å². The van der Waals surface area contributed by atoms with Gasteiger partial charge >= 0.3 is 0 Å². The van der Waals surface area contributed by atoms with Crippen molar-refractivity contribution in [3.05, 3.63) is 17.6 Å². The van der Waals surface area contributed by atoms with E-state index in [9.17, 15) is 0 Å². The van der Waals surface area contributed by atoms with E-state index >= 15 is 0 Å². The summed E-state index contributed by atoms with van der Waals surface area (Å²) in [6.45, 7) is 3.73. The molecule has 0 atom stereocenters. The van der Waals surface area contributed by atoms with Gasteiger partial charge in [0.05, 0.1) is 5.69 Å². The van der Waals surface area contributed by atoms with Crippen molar-refractivity contribution in [3.8, 4) is 0 Å². The molecular weight excluding hydrogens is 102 g/mol. The van der Waals surface area contributed by atoms with Gasteiger partial charge in [-0.3, -0.25) is 0 Å². The maximum atomic E-state index is 5.45. The Kier molecular flexibility index (Phi) is 1.01. The summed E-state index contributed by atoms with van der Waals surface area (Å²) in [6.07, 6.45) is 0. The van der Waals surface area contributed by atoms with Crippen LogP contribution in [0.15, 0.2) is 10.5 Å². The first-order chi connectivity index (χ1) is 3.70. The average molecular weight is 111 g/mol. The normalized spacial score (nSPS) is 9.75. The predicted molar refractivity (Wildman–Crippen MR) is 32.6 cm³/mol. The standard InChI is InChI=1S/C6H9NO/c1-4-3-6(7)5(2)8-4/h3H,7H2,1-2H3. The number of furan rings is 1. The van der Waals surface area contributed by atoms with Crippen LogP contribution < -0.4 is 5.73 Å². The van der Waals surface area contributed by atoms with Crippen molar-refractivity contribution in [2.45, 2.75) is 13.8 Å². The third-order valence-corrected chi connectivity index (χ3v) is 1.08. The van der Waals surface area contributed by atoms with E-state index in [0.717, 1.165) is 17.2 Å². The zero-order valence-corrected chi connectivity index (χ0v) is 5.06. The van der Waals surface area contributed by atoms with E-state index < -0.39 is 0 Å². The molecule has 0 amide bonds. The molecule has 1 heterocycles. The molecule has 2 heteroatoms. The van der Waals surface area contributed by atoms with E-state index in [-0.39, 0.29) is 0 Å². The van der Waals surface area contributed by atoms with E-state index in [1.807, 2.05) is 19.9 Å². The van der Waals surface area contributed by atoms with Gasteiger partial charge in [-0.1, -0.05) is 0 Å².